The molecule has 0 bridgehead atoms. The van der Waals surface area contributed by atoms with Crippen LogP contribution in [0, 0.1) is 0 Å². The van der Waals surface area contributed by atoms with Crippen molar-refractivity contribution in [2.45, 2.75) is 25.8 Å². The van der Waals surface area contributed by atoms with Gasteiger partial charge in [-0.05, 0) is 36.2 Å². The lowest BCUT2D eigenvalue weighted by Gasteiger charge is -2.10. The number of ether oxygens (including phenoxy) is 2. The quantitative estimate of drug-likeness (QED) is 0.921. The molecule has 5 nitrogen and oxygen atoms in total. The summed E-state index contributed by atoms with van der Waals surface area (Å²) in [4.78, 5) is 16.2. The lowest BCUT2D eigenvalue weighted by atomic mass is 10.2. The number of benzene rings is 1. The summed E-state index contributed by atoms with van der Waals surface area (Å²) in [5.74, 6) is 1.54. The van der Waals surface area contributed by atoms with Crippen LogP contribution in [0.25, 0.3) is 0 Å². The number of carbonyl (C=O) groups is 1. The molecule has 1 aromatic carbocycles. The van der Waals surface area contributed by atoms with Crippen LogP contribution < -0.4 is 14.8 Å². The van der Waals surface area contributed by atoms with Crippen molar-refractivity contribution < 1.29 is 14.3 Å². The average molecular weight is 312 g/mol. The summed E-state index contributed by atoms with van der Waals surface area (Å²) < 4.78 is 11.3. The average Bonchev–Trinajstić information content (AvgIpc) is 2.84. The topological polar surface area (TPSA) is 60.5 Å². The first-order valence-corrected chi connectivity index (χ1v) is 7.86. The molecule has 0 unspecified atom stereocenters. The van der Waals surface area contributed by atoms with Crippen LogP contribution in [-0.4, -0.2) is 24.1 Å². The van der Waals surface area contributed by atoms with E-state index in [0.29, 0.717) is 32.6 Å². The smallest absolute Gasteiger partial charge is 0.220 e. The Balaban J connectivity index is 1.50. The third-order valence-corrected chi connectivity index (χ3v) is 3.64. The van der Waals surface area contributed by atoms with Gasteiger partial charge in [0, 0.05) is 31.3 Å². The van der Waals surface area contributed by atoms with Crippen molar-refractivity contribution in [3.8, 4) is 11.5 Å². The Morgan fingerprint density at radius 1 is 1.13 bits per heavy atom. The fourth-order valence-electron chi connectivity index (χ4n) is 2.39. The Morgan fingerprint density at radius 2 is 2.00 bits per heavy atom. The van der Waals surface area contributed by atoms with Gasteiger partial charge in [0.05, 0.1) is 13.2 Å². The molecule has 23 heavy (non-hydrogen) atoms. The Bertz CT molecular complexity index is 659. The lowest BCUT2D eigenvalue weighted by Crippen LogP contribution is -2.23. The fraction of sp³-hybridized carbons (Fsp3) is 0.333. The predicted molar refractivity (Wildman–Crippen MR) is 86.5 cm³/mol. The molecule has 1 aromatic heterocycles. The van der Waals surface area contributed by atoms with Crippen LogP contribution in [-0.2, 0) is 17.8 Å². The van der Waals surface area contributed by atoms with E-state index in [0.717, 1.165) is 29.2 Å². The van der Waals surface area contributed by atoms with Crippen molar-refractivity contribution in [2.75, 3.05) is 13.2 Å². The van der Waals surface area contributed by atoms with Gasteiger partial charge in [-0.3, -0.25) is 9.78 Å². The second-order valence-corrected chi connectivity index (χ2v) is 5.43. The summed E-state index contributed by atoms with van der Waals surface area (Å²) >= 11 is 0. The van der Waals surface area contributed by atoms with Crippen LogP contribution in [0.1, 0.15) is 24.1 Å². The summed E-state index contributed by atoms with van der Waals surface area (Å²) in [5.41, 5.74) is 1.93. The van der Waals surface area contributed by atoms with E-state index in [-0.39, 0.29) is 5.91 Å². The maximum absolute atomic E-state index is 11.9. The summed E-state index contributed by atoms with van der Waals surface area (Å²) in [5, 5.41) is 2.93. The maximum atomic E-state index is 11.9. The third kappa shape index (κ3) is 4.45. The summed E-state index contributed by atoms with van der Waals surface area (Å²) in [7, 11) is 0. The standard InChI is InChI=1S/C18H20N2O3/c21-18(8-6-15-4-1-2-9-19-15)20-13-14-5-7-16-17(12-14)23-11-3-10-22-16/h1-2,4-5,7,9,12H,3,6,8,10-11,13H2,(H,20,21). The molecule has 0 saturated carbocycles. The molecule has 0 aliphatic carbocycles. The minimum Gasteiger partial charge on any atom is -0.490 e. The minimum absolute atomic E-state index is 0.0164. The Morgan fingerprint density at radius 3 is 2.83 bits per heavy atom. The second kappa shape index (κ2) is 7.63. The van der Waals surface area contributed by atoms with Crippen LogP contribution in [0.2, 0.25) is 0 Å². The highest BCUT2D eigenvalue weighted by Gasteiger charge is 2.11. The predicted octanol–water partition coefficient (Wildman–Crippen LogP) is 2.49. The van der Waals surface area contributed by atoms with E-state index in [4.69, 9.17) is 9.47 Å². The number of nitrogens with zero attached hydrogens (tertiary/aromatic N) is 1. The van der Waals surface area contributed by atoms with E-state index in [1.807, 2.05) is 36.4 Å². The molecular formula is C18H20N2O3. The minimum atomic E-state index is 0.0164. The van der Waals surface area contributed by atoms with Gasteiger partial charge in [0.1, 0.15) is 0 Å². The van der Waals surface area contributed by atoms with E-state index in [1.54, 1.807) is 6.20 Å². The number of hydrogen-bond donors (Lipinski definition) is 1. The van der Waals surface area contributed by atoms with Gasteiger partial charge in [-0.15, -0.1) is 0 Å². The van der Waals surface area contributed by atoms with Crippen molar-refractivity contribution in [1.29, 1.82) is 0 Å². The number of nitrogens with one attached hydrogen (secondary N) is 1. The number of fused-ring (bicyclic) bond motifs is 1. The monoisotopic (exact) mass is 312 g/mol. The van der Waals surface area contributed by atoms with E-state index in [9.17, 15) is 4.79 Å². The van der Waals surface area contributed by atoms with E-state index in [1.165, 1.54) is 0 Å². The first-order chi connectivity index (χ1) is 11.3. The SMILES string of the molecule is O=C(CCc1ccccn1)NCc1ccc2c(c1)OCCCO2. The number of aromatic nitrogens is 1. The molecule has 1 amide bonds. The van der Waals surface area contributed by atoms with Crippen molar-refractivity contribution in [2.24, 2.45) is 0 Å². The van der Waals surface area contributed by atoms with Crippen molar-refractivity contribution in [1.82, 2.24) is 10.3 Å². The summed E-state index contributed by atoms with van der Waals surface area (Å²) in [6, 6.07) is 11.5. The normalized spacial score (nSPS) is 13.2. The molecule has 2 aromatic rings. The van der Waals surface area contributed by atoms with Crippen LogP contribution in [0.3, 0.4) is 0 Å². The summed E-state index contributed by atoms with van der Waals surface area (Å²) in [6.45, 7) is 1.82. The Hall–Kier alpha value is -2.56. The summed E-state index contributed by atoms with van der Waals surface area (Å²) in [6.07, 6.45) is 3.70. The Labute approximate surface area is 135 Å². The van der Waals surface area contributed by atoms with Crippen LogP contribution in [0.5, 0.6) is 11.5 Å². The molecule has 5 heteroatoms. The zero-order chi connectivity index (χ0) is 15.9. The maximum Gasteiger partial charge on any atom is 0.220 e. The van der Waals surface area contributed by atoms with Gasteiger partial charge >= 0.3 is 0 Å². The first kappa shape index (κ1) is 15.3. The number of pyridine rings is 1. The van der Waals surface area contributed by atoms with Gasteiger partial charge in [-0.25, -0.2) is 0 Å². The van der Waals surface area contributed by atoms with Gasteiger partial charge in [-0.2, -0.15) is 0 Å². The molecule has 1 N–H and O–H groups in total. The molecule has 3 rings (SSSR count). The van der Waals surface area contributed by atoms with Gasteiger partial charge in [-0.1, -0.05) is 12.1 Å². The van der Waals surface area contributed by atoms with Crippen LogP contribution in [0.4, 0.5) is 0 Å². The zero-order valence-electron chi connectivity index (χ0n) is 13.0. The number of amides is 1. The van der Waals surface area contributed by atoms with Gasteiger partial charge in [0.25, 0.3) is 0 Å². The molecule has 120 valence electrons. The highest BCUT2D eigenvalue weighted by Crippen LogP contribution is 2.30. The largest absolute Gasteiger partial charge is 0.490 e. The molecule has 0 saturated heterocycles. The third-order valence-electron chi connectivity index (χ3n) is 3.64. The molecule has 1 aliphatic rings. The molecule has 0 radical (unpaired) electrons. The van der Waals surface area contributed by atoms with E-state index >= 15 is 0 Å². The number of aryl methyl sites for hydroxylation is 1. The lowest BCUT2D eigenvalue weighted by molar-refractivity contribution is -0.121. The molecular weight excluding hydrogens is 292 g/mol. The first-order valence-electron chi connectivity index (χ1n) is 7.86. The van der Waals surface area contributed by atoms with Gasteiger partial charge < -0.3 is 14.8 Å². The molecule has 0 atom stereocenters. The van der Waals surface area contributed by atoms with E-state index < -0.39 is 0 Å². The highest BCUT2D eigenvalue weighted by molar-refractivity contribution is 5.76. The number of hydrogen-bond acceptors (Lipinski definition) is 4. The molecule has 1 aliphatic heterocycles. The number of rotatable bonds is 5. The second-order valence-electron chi connectivity index (χ2n) is 5.43. The van der Waals surface area contributed by atoms with Crippen molar-refractivity contribution in [3.05, 3.63) is 53.9 Å². The van der Waals surface area contributed by atoms with Crippen molar-refractivity contribution in [3.63, 3.8) is 0 Å². The zero-order valence-corrected chi connectivity index (χ0v) is 13.0. The van der Waals surface area contributed by atoms with Crippen molar-refractivity contribution >= 4 is 5.91 Å². The van der Waals surface area contributed by atoms with E-state index in [2.05, 4.69) is 10.3 Å². The number of carbonyl (C=O) groups excluding carboxylic acids is 1. The Kier molecular flexibility index (Phi) is 5.09. The molecule has 2 heterocycles. The molecule has 0 fully saturated rings. The van der Waals surface area contributed by atoms with Crippen LogP contribution in [0.15, 0.2) is 42.6 Å². The highest BCUT2D eigenvalue weighted by atomic mass is 16.5. The van der Waals surface area contributed by atoms with Gasteiger partial charge in [0.15, 0.2) is 11.5 Å². The van der Waals surface area contributed by atoms with Crippen LogP contribution >= 0.6 is 0 Å². The molecule has 0 spiro atoms. The van der Waals surface area contributed by atoms with Gasteiger partial charge in [0.2, 0.25) is 5.91 Å². The fourth-order valence-corrected chi connectivity index (χ4v) is 2.39.